The van der Waals surface area contributed by atoms with Crippen LogP contribution < -0.4 is 0 Å². The third-order valence-corrected chi connectivity index (χ3v) is 3.55. The lowest BCUT2D eigenvalue weighted by Crippen LogP contribution is -2.25. The number of nitrogens with one attached hydrogen (secondary N) is 2. The van der Waals surface area contributed by atoms with Crippen molar-refractivity contribution in [3.63, 3.8) is 0 Å². The Morgan fingerprint density at radius 2 is 1.94 bits per heavy atom. The van der Waals surface area contributed by atoms with E-state index in [1.165, 1.54) is 22.5 Å². The van der Waals surface area contributed by atoms with Crippen molar-refractivity contribution in [2.24, 2.45) is 0 Å². The SMILES string of the molecule is CC1(C)Cc2[nH]c(=S)[nH]c2-c2ccccc21. The molecule has 0 saturated carbocycles. The first-order valence-electron chi connectivity index (χ1n) is 5.49. The lowest BCUT2D eigenvalue weighted by Gasteiger charge is -2.31. The Balaban J connectivity index is 2.37. The van der Waals surface area contributed by atoms with Crippen LogP contribution >= 0.6 is 12.2 Å². The molecule has 2 nitrogen and oxygen atoms in total. The van der Waals surface area contributed by atoms with Gasteiger partial charge in [-0.2, -0.15) is 0 Å². The Hall–Kier alpha value is -1.35. The van der Waals surface area contributed by atoms with Crippen molar-refractivity contribution < 1.29 is 0 Å². The second kappa shape index (κ2) is 3.08. The molecule has 0 unspecified atom stereocenters. The molecule has 0 amide bonds. The van der Waals surface area contributed by atoms with Crippen LogP contribution in [0.1, 0.15) is 25.1 Å². The maximum absolute atomic E-state index is 5.17. The number of benzene rings is 1. The van der Waals surface area contributed by atoms with Gasteiger partial charge in [0.05, 0.1) is 5.69 Å². The van der Waals surface area contributed by atoms with E-state index in [9.17, 15) is 0 Å². The summed E-state index contributed by atoms with van der Waals surface area (Å²) in [5.74, 6) is 0. The molecular weight excluding hydrogens is 216 g/mol. The fraction of sp³-hybridized carbons (Fsp3) is 0.308. The van der Waals surface area contributed by atoms with Gasteiger partial charge in [-0.1, -0.05) is 38.1 Å². The van der Waals surface area contributed by atoms with Crippen molar-refractivity contribution in [2.45, 2.75) is 25.7 Å². The normalized spacial score (nSPS) is 16.6. The molecule has 0 spiro atoms. The minimum absolute atomic E-state index is 0.171. The number of hydrogen-bond donors (Lipinski definition) is 2. The summed E-state index contributed by atoms with van der Waals surface area (Å²) in [6.07, 6.45) is 1.01. The van der Waals surface area contributed by atoms with Crippen LogP contribution in [-0.4, -0.2) is 9.97 Å². The molecule has 0 fully saturated rings. The molecule has 1 heterocycles. The highest BCUT2D eigenvalue weighted by Gasteiger charge is 2.31. The summed E-state index contributed by atoms with van der Waals surface area (Å²) in [4.78, 5) is 6.50. The first-order valence-corrected chi connectivity index (χ1v) is 5.90. The molecule has 2 aromatic rings. The summed E-state index contributed by atoms with van der Waals surface area (Å²) in [6.45, 7) is 4.55. The summed E-state index contributed by atoms with van der Waals surface area (Å²) < 4.78 is 0.720. The number of hydrogen-bond acceptors (Lipinski definition) is 1. The van der Waals surface area contributed by atoms with Gasteiger partial charge < -0.3 is 9.97 Å². The molecule has 2 N–H and O–H groups in total. The molecule has 0 atom stereocenters. The van der Waals surface area contributed by atoms with Crippen molar-refractivity contribution in [2.75, 3.05) is 0 Å². The Morgan fingerprint density at radius 3 is 2.75 bits per heavy atom. The summed E-state index contributed by atoms with van der Waals surface area (Å²) >= 11 is 5.17. The predicted molar refractivity (Wildman–Crippen MR) is 68.1 cm³/mol. The van der Waals surface area contributed by atoms with E-state index in [1.807, 2.05) is 0 Å². The zero-order valence-electron chi connectivity index (χ0n) is 9.42. The number of aromatic nitrogens is 2. The number of rotatable bonds is 0. The standard InChI is InChI=1S/C13H14N2S/c1-13(2)7-10-11(15-12(16)14-10)8-5-3-4-6-9(8)13/h3-6H,7H2,1-2H3,(H2,14,15,16). The molecule has 3 rings (SSSR count). The van der Waals surface area contributed by atoms with E-state index in [-0.39, 0.29) is 5.41 Å². The van der Waals surface area contributed by atoms with Crippen molar-refractivity contribution in [3.05, 3.63) is 40.3 Å². The summed E-state index contributed by atoms with van der Waals surface area (Å²) in [5.41, 5.74) is 5.24. The average molecular weight is 230 g/mol. The topological polar surface area (TPSA) is 31.6 Å². The molecule has 0 aliphatic heterocycles. The summed E-state index contributed by atoms with van der Waals surface area (Å²) in [6, 6.07) is 8.55. The second-order valence-corrected chi connectivity index (χ2v) is 5.45. The van der Waals surface area contributed by atoms with Crippen LogP contribution in [0, 0.1) is 4.77 Å². The van der Waals surface area contributed by atoms with Crippen LogP contribution in [0.3, 0.4) is 0 Å². The van der Waals surface area contributed by atoms with Gasteiger partial charge in [0.15, 0.2) is 4.77 Å². The highest BCUT2D eigenvalue weighted by atomic mass is 32.1. The fourth-order valence-corrected chi connectivity index (χ4v) is 2.84. The van der Waals surface area contributed by atoms with Crippen LogP contribution in [0.2, 0.25) is 0 Å². The largest absolute Gasteiger partial charge is 0.334 e. The summed E-state index contributed by atoms with van der Waals surface area (Å²) in [7, 11) is 0. The lowest BCUT2D eigenvalue weighted by molar-refractivity contribution is 0.511. The van der Waals surface area contributed by atoms with Gasteiger partial charge in [-0.25, -0.2) is 0 Å². The fourth-order valence-electron chi connectivity index (χ4n) is 2.61. The van der Waals surface area contributed by atoms with Crippen molar-refractivity contribution >= 4 is 12.2 Å². The molecule has 16 heavy (non-hydrogen) atoms. The highest BCUT2D eigenvalue weighted by Crippen LogP contribution is 2.41. The smallest absolute Gasteiger partial charge is 0.175 e. The third kappa shape index (κ3) is 1.28. The molecule has 1 aromatic heterocycles. The van der Waals surface area contributed by atoms with E-state index >= 15 is 0 Å². The monoisotopic (exact) mass is 230 g/mol. The Morgan fingerprint density at radius 1 is 1.19 bits per heavy atom. The van der Waals surface area contributed by atoms with E-state index in [1.54, 1.807) is 0 Å². The number of aromatic amines is 2. The molecule has 3 heteroatoms. The van der Waals surface area contributed by atoms with Gasteiger partial charge in [0.2, 0.25) is 0 Å². The Kier molecular flexibility index (Phi) is 1.89. The average Bonchev–Trinajstić information content (AvgIpc) is 2.58. The molecule has 1 aliphatic carbocycles. The van der Waals surface area contributed by atoms with Gasteiger partial charge >= 0.3 is 0 Å². The van der Waals surface area contributed by atoms with E-state index in [4.69, 9.17) is 12.2 Å². The first-order chi connectivity index (χ1) is 7.58. The molecule has 1 aromatic carbocycles. The van der Waals surface area contributed by atoms with Crippen LogP contribution in [0.15, 0.2) is 24.3 Å². The molecular formula is C13H14N2S. The van der Waals surface area contributed by atoms with Crippen molar-refractivity contribution in [3.8, 4) is 11.3 Å². The molecule has 1 aliphatic rings. The van der Waals surface area contributed by atoms with Gasteiger partial charge in [0.25, 0.3) is 0 Å². The minimum atomic E-state index is 0.171. The maximum atomic E-state index is 5.17. The van der Waals surface area contributed by atoms with Gasteiger partial charge in [-0.3, -0.25) is 0 Å². The molecule has 82 valence electrons. The van der Waals surface area contributed by atoms with Gasteiger partial charge in [-0.15, -0.1) is 0 Å². The third-order valence-electron chi connectivity index (χ3n) is 3.35. The van der Waals surface area contributed by atoms with Crippen LogP contribution in [0.25, 0.3) is 11.3 Å². The molecule has 0 bridgehead atoms. The Bertz CT molecular complexity index is 604. The molecule has 0 radical (unpaired) electrons. The highest BCUT2D eigenvalue weighted by molar-refractivity contribution is 7.71. The van der Waals surface area contributed by atoms with Crippen molar-refractivity contribution in [1.82, 2.24) is 9.97 Å². The quantitative estimate of drug-likeness (QED) is 0.666. The van der Waals surface area contributed by atoms with Crippen LogP contribution in [0.4, 0.5) is 0 Å². The van der Waals surface area contributed by atoms with E-state index in [0.717, 1.165) is 11.2 Å². The van der Waals surface area contributed by atoms with Gasteiger partial charge in [0, 0.05) is 11.3 Å². The predicted octanol–water partition coefficient (Wildman–Crippen LogP) is 3.57. The van der Waals surface area contributed by atoms with E-state index in [0.29, 0.717) is 0 Å². The Labute approximate surface area is 99.7 Å². The summed E-state index contributed by atoms with van der Waals surface area (Å²) in [5, 5.41) is 0. The lowest BCUT2D eigenvalue weighted by atomic mass is 9.73. The zero-order chi connectivity index (χ0) is 11.3. The second-order valence-electron chi connectivity index (χ2n) is 5.04. The van der Waals surface area contributed by atoms with E-state index in [2.05, 4.69) is 48.1 Å². The zero-order valence-corrected chi connectivity index (χ0v) is 10.2. The molecule has 0 saturated heterocycles. The number of H-pyrrole nitrogens is 2. The first kappa shape index (κ1) is 9.85. The van der Waals surface area contributed by atoms with Crippen molar-refractivity contribution in [1.29, 1.82) is 0 Å². The van der Waals surface area contributed by atoms with Crippen LogP contribution in [0.5, 0.6) is 0 Å². The maximum Gasteiger partial charge on any atom is 0.175 e. The number of imidazole rings is 1. The number of fused-ring (bicyclic) bond motifs is 3. The van der Waals surface area contributed by atoms with Crippen LogP contribution in [-0.2, 0) is 11.8 Å². The van der Waals surface area contributed by atoms with Gasteiger partial charge in [0.1, 0.15) is 0 Å². The van der Waals surface area contributed by atoms with Gasteiger partial charge in [-0.05, 0) is 29.6 Å². The minimum Gasteiger partial charge on any atom is -0.334 e. The van der Waals surface area contributed by atoms with E-state index < -0.39 is 0 Å².